The summed E-state index contributed by atoms with van der Waals surface area (Å²) < 4.78 is 44.1. The van der Waals surface area contributed by atoms with Gasteiger partial charge in [-0.1, -0.05) is 0 Å². The average Bonchev–Trinajstić information content (AvgIpc) is 3.22. The first-order chi connectivity index (χ1) is 14.1. The Hall–Kier alpha value is -1.78. The summed E-state index contributed by atoms with van der Waals surface area (Å²) in [5.41, 5.74) is 0.789. The van der Waals surface area contributed by atoms with Crippen molar-refractivity contribution in [3.8, 4) is 0 Å². The van der Waals surface area contributed by atoms with Crippen molar-refractivity contribution in [1.82, 2.24) is 9.29 Å². The fraction of sp³-hybridized carbons (Fsp3) is 0.550. The highest BCUT2D eigenvalue weighted by Crippen LogP contribution is 2.33. The molecule has 3 aliphatic rings. The van der Waals surface area contributed by atoms with E-state index in [-0.39, 0.29) is 0 Å². The molecule has 2 aromatic rings. The normalized spacial score (nSPS) is 23.1. The molecule has 0 amide bonds. The Labute approximate surface area is 170 Å². The number of pyridine rings is 1. The highest BCUT2D eigenvalue weighted by Gasteiger charge is 2.40. The lowest BCUT2D eigenvalue weighted by Gasteiger charge is -2.38. The highest BCUT2D eigenvalue weighted by molar-refractivity contribution is 7.89. The number of fused-ring (bicyclic) bond motifs is 1. The largest absolute Gasteiger partial charge is 0.379 e. The average molecular weight is 420 g/mol. The van der Waals surface area contributed by atoms with E-state index in [1.54, 1.807) is 18.2 Å². The van der Waals surface area contributed by atoms with Gasteiger partial charge in [0.25, 0.3) is 0 Å². The molecule has 0 aliphatic carbocycles. The van der Waals surface area contributed by atoms with Gasteiger partial charge in [-0.05, 0) is 30.3 Å². The highest BCUT2D eigenvalue weighted by atomic mass is 32.2. The van der Waals surface area contributed by atoms with Crippen molar-refractivity contribution < 1.29 is 22.6 Å². The fourth-order valence-electron chi connectivity index (χ4n) is 4.23. The summed E-state index contributed by atoms with van der Waals surface area (Å²) in [7, 11) is -3.51. The van der Waals surface area contributed by atoms with Gasteiger partial charge in [0.15, 0.2) is 5.79 Å². The molecule has 29 heavy (non-hydrogen) atoms. The summed E-state index contributed by atoms with van der Waals surface area (Å²) in [6.45, 7) is 4.64. The maximum atomic E-state index is 12.9. The van der Waals surface area contributed by atoms with Crippen LogP contribution in [0.4, 0.5) is 5.82 Å². The second-order valence-electron chi connectivity index (χ2n) is 7.64. The third-order valence-electron chi connectivity index (χ3n) is 5.92. The van der Waals surface area contributed by atoms with Gasteiger partial charge in [0.1, 0.15) is 5.82 Å². The minimum Gasteiger partial charge on any atom is -0.379 e. The Morgan fingerprint density at radius 1 is 0.897 bits per heavy atom. The summed E-state index contributed by atoms with van der Waals surface area (Å²) in [6, 6.07) is 9.06. The van der Waals surface area contributed by atoms with E-state index in [4.69, 9.17) is 19.2 Å². The second-order valence-corrected chi connectivity index (χ2v) is 9.57. The van der Waals surface area contributed by atoms with Gasteiger partial charge in [-0.25, -0.2) is 13.4 Å². The van der Waals surface area contributed by atoms with Crippen molar-refractivity contribution in [3.63, 3.8) is 0 Å². The van der Waals surface area contributed by atoms with Crippen molar-refractivity contribution in [2.45, 2.75) is 23.5 Å². The molecule has 0 bridgehead atoms. The minimum absolute atomic E-state index is 0.303. The molecule has 8 nitrogen and oxygen atoms in total. The monoisotopic (exact) mass is 419 g/mol. The van der Waals surface area contributed by atoms with Gasteiger partial charge in [0.05, 0.1) is 36.8 Å². The van der Waals surface area contributed by atoms with E-state index < -0.39 is 15.8 Å². The molecule has 0 saturated carbocycles. The zero-order valence-corrected chi connectivity index (χ0v) is 17.1. The number of benzene rings is 1. The summed E-state index contributed by atoms with van der Waals surface area (Å²) in [4.78, 5) is 7.30. The van der Waals surface area contributed by atoms with Crippen LogP contribution in [0.3, 0.4) is 0 Å². The molecule has 5 rings (SSSR count). The van der Waals surface area contributed by atoms with Crippen LogP contribution in [0.25, 0.3) is 10.9 Å². The first-order valence-corrected chi connectivity index (χ1v) is 11.5. The van der Waals surface area contributed by atoms with Crippen LogP contribution in [0.2, 0.25) is 0 Å². The molecule has 4 heterocycles. The maximum Gasteiger partial charge on any atom is 0.243 e. The lowest BCUT2D eigenvalue weighted by Crippen LogP contribution is -2.45. The number of sulfonamides is 1. The zero-order valence-electron chi connectivity index (χ0n) is 16.2. The van der Waals surface area contributed by atoms with E-state index in [9.17, 15) is 8.42 Å². The van der Waals surface area contributed by atoms with E-state index in [1.165, 1.54) is 4.31 Å². The van der Waals surface area contributed by atoms with Crippen molar-refractivity contribution >= 4 is 26.7 Å². The van der Waals surface area contributed by atoms with Crippen molar-refractivity contribution in [1.29, 1.82) is 0 Å². The number of anilines is 1. The van der Waals surface area contributed by atoms with Gasteiger partial charge in [-0.15, -0.1) is 0 Å². The number of rotatable bonds is 3. The molecule has 156 valence electrons. The Kier molecular flexibility index (Phi) is 4.95. The van der Waals surface area contributed by atoms with Gasteiger partial charge < -0.3 is 19.1 Å². The molecule has 3 saturated heterocycles. The molecular weight excluding hydrogens is 394 g/mol. The minimum atomic E-state index is -3.51. The zero-order chi connectivity index (χ0) is 19.9. The SMILES string of the molecule is O=S(=O)(c1ccc2nc(N3CCC4(CC3)OCCO4)ccc2c1)N1CCOCC1. The van der Waals surface area contributed by atoms with Crippen LogP contribution in [0.15, 0.2) is 35.2 Å². The fourth-order valence-corrected chi connectivity index (χ4v) is 5.67. The van der Waals surface area contributed by atoms with Crippen LogP contribution in [0.5, 0.6) is 0 Å². The van der Waals surface area contributed by atoms with Crippen LogP contribution in [0, 0.1) is 0 Å². The Morgan fingerprint density at radius 3 is 2.34 bits per heavy atom. The van der Waals surface area contributed by atoms with E-state index >= 15 is 0 Å². The van der Waals surface area contributed by atoms with E-state index in [1.807, 2.05) is 12.1 Å². The topological polar surface area (TPSA) is 81.2 Å². The van der Waals surface area contributed by atoms with Crippen LogP contribution in [0.1, 0.15) is 12.8 Å². The lowest BCUT2D eigenvalue weighted by atomic mass is 10.0. The second kappa shape index (κ2) is 7.48. The molecule has 3 fully saturated rings. The third kappa shape index (κ3) is 3.62. The van der Waals surface area contributed by atoms with E-state index in [2.05, 4.69) is 4.90 Å². The number of aromatic nitrogens is 1. The predicted molar refractivity (Wildman–Crippen MR) is 107 cm³/mol. The summed E-state index contributed by atoms with van der Waals surface area (Å²) in [6.07, 6.45) is 1.65. The molecule has 1 spiro atoms. The Bertz CT molecular complexity index is 990. The number of ether oxygens (including phenoxy) is 3. The van der Waals surface area contributed by atoms with Gasteiger partial charge >= 0.3 is 0 Å². The smallest absolute Gasteiger partial charge is 0.243 e. The summed E-state index contributed by atoms with van der Waals surface area (Å²) in [5.74, 6) is 0.491. The summed E-state index contributed by atoms with van der Waals surface area (Å²) >= 11 is 0. The van der Waals surface area contributed by atoms with Crippen LogP contribution in [-0.4, -0.2) is 76.1 Å². The molecule has 1 aromatic heterocycles. The molecule has 0 unspecified atom stereocenters. The van der Waals surface area contributed by atoms with E-state index in [0.29, 0.717) is 44.4 Å². The van der Waals surface area contributed by atoms with Gasteiger partial charge in [0.2, 0.25) is 10.0 Å². The van der Waals surface area contributed by atoms with Gasteiger partial charge in [-0.3, -0.25) is 0 Å². The number of hydrogen-bond acceptors (Lipinski definition) is 7. The lowest BCUT2D eigenvalue weighted by molar-refractivity contribution is -0.169. The molecule has 0 atom stereocenters. The number of piperidine rings is 1. The molecule has 1 aromatic carbocycles. The first kappa shape index (κ1) is 19.2. The number of morpholine rings is 1. The van der Waals surface area contributed by atoms with Crippen LogP contribution >= 0.6 is 0 Å². The predicted octanol–water partition coefficient (Wildman–Crippen LogP) is 1.60. The molecular formula is C20H25N3O5S. The first-order valence-electron chi connectivity index (χ1n) is 10.1. The summed E-state index contributed by atoms with van der Waals surface area (Å²) in [5, 5.41) is 0.819. The Morgan fingerprint density at radius 2 is 1.62 bits per heavy atom. The molecule has 0 N–H and O–H groups in total. The van der Waals surface area contributed by atoms with E-state index in [0.717, 1.165) is 42.7 Å². The third-order valence-corrected chi connectivity index (χ3v) is 7.81. The van der Waals surface area contributed by atoms with Crippen LogP contribution < -0.4 is 4.90 Å². The maximum absolute atomic E-state index is 12.9. The standard InChI is InChI=1S/C20H25N3O5S/c24-29(25,23-9-11-26-12-10-23)17-2-3-18-16(15-17)1-4-19(21-18)22-7-5-20(6-8-22)27-13-14-28-20/h1-4,15H,5-14H2. The molecule has 9 heteroatoms. The van der Waals surface area contributed by atoms with Gasteiger partial charge in [-0.2, -0.15) is 4.31 Å². The van der Waals surface area contributed by atoms with Crippen LogP contribution in [-0.2, 0) is 24.2 Å². The van der Waals surface area contributed by atoms with Crippen molar-refractivity contribution in [2.75, 3.05) is 57.5 Å². The molecule has 0 radical (unpaired) electrons. The van der Waals surface area contributed by atoms with Gasteiger partial charge in [0, 0.05) is 44.4 Å². The van der Waals surface area contributed by atoms with Crippen molar-refractivity contribution in [3.05, 3.63) is 30.3 Å². The number of nitrogens with zero attached hydrogens (tertiary/aromatic N) is 3. The quantitative estimate of drug-likeness (QED) is 0.747. The van der Waals surface area contributed by atoms with Crippen molar-refractivity contribution in [2.24, 2.45) is 0 Å². The molecule has 3 aliphatic heterocycles. The Balaban J connectivity index is 1.36. The number of hydrogen-bond donors (Lipinski definition) is 0.